The maximum Gasteiger partial charge on any atom is 0.307 e. The van der Waals surface area contributed by atoms with E-state index in [4.69, 9.17) is 4.74 Å². The van der Waals surface area contributed by atoms with Gasteiger partial charge in [0.25, 0.3) is 0 Å². The summed E-state index contributed by atoms with van der Waals surface area (Å²) in [5, 5.41) is -0.152. The van der Waals surface area contributed by atoms with E-state index in [2.05, 4.69) is 9.97 Å². The maximum absolute atomic E-state index is 12.4. The average molecular weight is 359 g/mol. The van der Waals surface area contributed by atoms with E-state index >= 15 is 0 Å². The van der Waals surface area contributed by atoms with Crippen LogP contribution in [0.1, 0.15) is 30.8 Å². The minimum absolute atomic E-state index is 0.0592. The summed E-state index contributed by atoms with van der Waals surface area (Å²) in [6, 6.07) is 9.85. The number of carbonyl (C=O) groups excluding carboxylic acids is 2. The summed E-state index contributed by atoms with van der Waals surface area (Å²) in [6.45, 7) is 2.49. The van der Waals surface area contributed by atoms with Crippen molar-refractivity contribution in [3.05, 3.63) is 42.2 Å². The van der Waals surface area contributed by atoms with Crippen LogP contribution >= 0.6 is 11.8 Å². The fraction of sp³-hybridized carbons (Fsp3) is 0.389. The fourth-order valence-electron chi connectivity index (χ4n) is 2.77. The van der Waals surface area contributed by atoms with Crippen molar-refractivity contribution in [2.75, 3.05) is 18.9 Å². The molecule has 1 aromatic carbocycles. The molecular weight excluding hydrogens is 338 g/mol. The largest absolute Gasteiger partial charge is 0.466 e. The van der Waals surface area contributed by atoms with E-state index in [1.54, 1.807) is 29.8 Å². The zero-order valence-electron chi connectivity index (χ0n) is 14.1. The smallest absolute Gasteiger partial charge is 0.307 e. The third kappa shape index (κ3) is 4.22. The first-order chi connectivity index (χ1) is 12.2. The Kier molecular flexibility index (Phi) is 5.75. The lowest BCUT2D eigenvalue weighted by atomic mass is 10.2. The van der Waals surface area contributed by atoms with Crippen molar-refractivity contribution in [3.63, 3.8) is 0 Å². The number of nitrogens with zero attached hydrogens (tertiary/aromatic N) is 2. The van der Waals surface area contributed by atoms with E-state index in [1.165, 1.54) is 0 Å². The Hall–Kier alpha value is -2.28. The molecule has 1 amide bonds. The van der Waals surface area contributed by atoms with Crippen LogP contribution in [-0.4, -0.2) is 45.6 Å². The van der Waals surface area contributed by atoms with E-state index in [-0.39, 0.29) is 23.7 Å². The lowest BCUT2D eigenvalue weighted by Gasteiger charge is -2.34. The van der Waals surface area contributed by atoms with Crippen LogP contribution in [-0.2, 0) is 14.3 Å². The summed E-state index contributed by atoms with van der Waals surface area (Å²) < 4.78 is 4.97. The van der Waals surface area contributed by atoms with Crippen LogP contribution in [0.2, 0.25) is 0 Å². The number of nitrogens with one attached hydrogen (secondary N) is 1. The molecule has 1 fully saturated rings. The molecule has 1 N–H and O–H groups in total. The SMILES string of the molecule is CCOC(=O)CCN1C(=O)CCSC1c1cnc(-c2ccccc2)[nH]1. The van der Waals surface area contributed by atoms with Gasteiger partial charge in [0.1, 0.15) is 11.2 Å². The van der Waals surface area contributed by atoms with Gasteiger partial charge < -0.3 is 14.6 Å². The number of ether oxygens (including phenoxy) is 1. The van der Waals surface area contributed by atoms with Gasteiger partial charge in [-0.3, -0.25) is 9.59 Å². The first-order valence-corrected chi connectivity index (χ1v) is 9.41. The minimum atomic E-state index is -0.279. The number of amides is 1. The van der Waals surface area contributed by atoms with Crippen LogP contribution < -0.4 is 0 Å². The molecular formula is C18H21N3O3S. The molecule has 1 aromatic heterocycles. The Bertz CT molecular complexity index is 732. The molecule has 0 aliphatic carbocycles. The number of H-pyrrole nitrogens is 1. The number of thioether (sulfide) groups is 1. The van der Waals surface area contributed by atoms with Gasteiger partial charge in [-0.2, -0.15) is 0 Å². The van der Waals surface area contributed by atoms with Crippen molar-refractivity contribution in [3.8, 4) is 11.4 Å². The molecule has 1 aliphatic rings. The standard InChI is InChI=1S/C18H21N3O3S/c1-2-24-16(23)8-10-21-15(22)9-11-25-18(21)14-12-19-17(20-14)13-6-4-3-5-7-13/h3-7,12,18H,2,8-11H2,1H3,(H,19,20). The van der Waals surface area contributed by atoms with Crippen LogP contribution in [0.15, 0.2) is 36.5 Å². The highest BCUT2D eigenvalue weighted by Crippen LogP contribution is 2.37. The predicted molar refractivity (Wildman–Crippen MR) is 96.8 cm³/mol. The first kappa shape index (κ1) is 17.5. The number of benzene rings is 1. The van der Waals surface area contributed by atoms with Crippen molar-refractivity contribution >= 4 is 23.6 Å². The lowest BCUT2D eigenvalue weighted by molar-refractivity contribution is -0.144. The molecule has 1 saturated heterocycles. The summed E-state index contributed by atoms with van der Waals surface area (Å²) in [5.41, 5.74) is 1.87. The zero-order chi connectivity index (χ0) is 17.6. The first-order valence-electron chi connectivity index (χ1n) is 8.36. The highest BCUT2D eigenvalue weighted by Gasteiger charge is 2.31. The number of carbonyl (C=O) groups is 2. The van der Waals surface area contributed by atoms with E-state index in [0.29, 0.717) is 19.6 Å². The molecule has 7 heteroatoms. The fourth-order valence-corrected chi connectivity index (χ4v) is 3.99. The Morgan fingerprint density at radius 3 is 2.96 bits per heavy atom. The van der Waals surface area contributed by atoms with E-state index in [0.717, 1.165) is 22.8 Å². The molecule has 6 nitrogen and oxygen atoms in total. The minimum Gasteiger partial charge on any atom is -0.466 e. The second kappa shape index (κ2) is 8.20. The number of esters is 1. The molecule has 1 unspecified atom stereocenters. The van der Waals surface area contributed by atoms with Crippen molar-refractivity contribution in [1.29, 1.82) is 0 Å². The summed E-state index contributed by atoms with van der Waals surface area (Å²) in [6.07, 6.45) is 2.47. The Labute approximate surface area is 151 Å². The van der Waals surface area contributed by atoms with Crippen LogP contribution in [0.5, 0.6) is 0 Å². The summed E-state index contributed by atoms with van der Waals surface area (Å²) in [5.74, 6) is 1.32. The highest BCUT2D eigenvalue weighted by atomic mass is 32.2. The van der Waals surface area contributed by atoms with Crippen molar-refractivity contribution in [2.24, 2.45) is 0 Å². The average Bonchev–Trinajstić information content (AvgIpc) is 3.11. The van der Waals surface area contributed by atoms with Crippen molar-refractivity contribution in [1.82, 2.24) is 14.9 Å². The molecule has 2 aromatic rings. The van der Waals surface area contributed by atoms with Crippen LogP contribution in [0.25, 0.3) is 11.4 Å². The van der Waals surface area contributed by atoms with Crippen LogP contribution in [0.4, 0.5) is 0 Å². The van der Waals surface area contributed by atoms with Crippen molar-refractivity contribution in [2.45, 2.75) is 25.1 Å². The third-order valence-electron chi connectivity index (χ3n) is 3.97. The second-order valence-corrected chi connectivity index (χ2v) is 6.86. The second-order valence-electron chi connectivity index (χ2n) is 5.67. The molecule has 3 rings (SSSR count). The molecule has 1 aliphatic heterocycles. The summed E-state index contributed by atoms with van der Waals surface area (Å²) >= 11 is 1.68. The Morgan fingerprint density at radius 1 is 1.40 bits per heavy atom. The van der Waals surface area contributed by atoms with E-state index in [9.17, 15) is 9.59 Å². The Balaban J connectivity index is 1.75. The number of rotatable bonds is 6. The normalized spacial score (nSPS) is 17.6. The molecule has 0 bridgehead atoms. The molecule has 0 saturated carbocycles. The summed E-state index contributed by atoms with van der Waals surface area (Å²) in [4.78, 5) is 33.5. The van der Waals surface area contributed by atoms with Gasteiger partial charge in [0.05, 0.1) is 24.9 Å². The number of imidazole rings is 1. The monoisotopic (exact) mass is 359 g/mol. The predicted octanol–water partition coefficient (Wildman–Crippen LogP) is 2.99. The molecule has 0 radical (unpaired) electrons. The van der Waals surface area contributed by atoms with Gasteiger partial charge in [-0.1, -0.05) is 30.3 Å². The maximum atomic E-state index is 12.4. The molecule has 1 atom stereocenters. The number of hydrogen-bond acceptors (Lipinski definition) is 5. The number of hydrogen-bond donors (Lipinski definition) is 1. The van der Waals surface area contributed by atoms with Gasteiger partial charge in [-0.15, -0.1) is 11.8 Å². The zero-order valence-corrected chi connectivity index (χ0v) is 14.9. The number of aromatic nitrogens is 2. The van der Waals surface area contributed by atoms with Gasteiger partial charge in [-0.05, 0) is 6.92 Å². The lowest BCUT2D eigenvalue weighted by Crippen LogP contribution is -2.39. The summed E-state index contributed by atoms with van der Waals surface area (Å²) in [7, 11) is 0. The van der Waals surface area contributed by atoms with Gasteiger partial charge in [0.15, 0.2) is 0 Å². The van der Waals surface area contributed by atoms with Gasteiger partial charge in [0, 0.05) is 24.3 Å². The molecule has 2 heterocycles. The molecule has 132 valence electrons. The molecule has 25 heavy (non-hydrogen) atoms. The van der Waals surface area contributed by atoms with Gasteiger partial charge in [-0.25, -0.2) is 4.98 Å². The van der Waals surface area contributed by atoms with Crippen LogP contribution in [0, 0.1) is 0 Å². The quantitative estimate of drug-likeness (QED) is 0.803. The van der Waals surface area contributed by atoms with Crippen LogP contribution in [0.3, 0.4) is 0 Å². The third-order valence-corrected chi connectivity index (χ3v) is 5.23. The van der Waals surface area contributed by atoms with Gasteiger partial charge >= 0.3 is 5.97 Å². The van der Waals surface area contributed by atoms with E-state index < -0.39 is 0 Å². The topological polar surface area (TPSA) is 75.3 Å². The Morgan fingerprint density at radius 2 is 2.20 bits per heavy atom. The van der Waals surface area contributed by atoms with Crippen molar-refractivity contribution < 1.29 is 14.3 Å². The van der Waals surface area contributed by atoms with E-state index in [1.807, 2.05) is 30.3 Å². The molecule has 0 spiro atoms. The number of aromatic amines is 1. The highest BCUT2D eigenvalue weighted by molar-refractivity contribution is 7.99. The van der Waals surface area contributed by atoms with Gasteiger partial charge in [0.2, 0.25) is 5.91 Å².